The maximum absolute atomic E-state index is 11.9. The summed E-state index contributed by atoms with van der Waals surface area (Å²) in [5.41, 5.74) is 128. The Bertz CT molecular complexity index is 5000. The first kappa shape index (κ1) is 121. The maximum atomic E-state index is 11.9. The van der Waals surface area contributed by atoms with Crippen molar-refractivity contribution in [3.63, 3.8) is 0 Å². The monoisotopic (exact) mass is 1910 g/mol. The van der Waals surface area contributed by atoms with Gasteiger partial charge in [0.15, 0.2) is 0 Å². The first-order valence-electron chi connectivity index (χ1n) is 42.7. The van der Waals surface area contributed by atoms with Crippen molar-refractivity contribution in [1.82, 2.24) is 37.2 Å². The normalized spacial score (nSPS) is 15.8. The van der Waals surface area contributed by atoms with Gasteiger partial charge in [-0.05, 0) is 168 Å². The molecular formula is C90H152N28O18. The summed E-state index contributed by atoms with van der Waals surface area (Å²) < 4.78 is 0. The fraction of sp³-hybridized carbons (Fsp3) is 0.456. The van der Waals surface area contributed by atoms with Gasteiger partial charge in [-0.1, -0.05) is 19.1 Å². The second kappa shape index (κ2) is 53.6. The molecular weight excluding hydrogens is 1760 g/mol. The fourth-order valence-electron chi connectivity index (χ4n) is 14.2. The Hall–Kier alpha value is -12.7. The molecule has 0 aliphatic carbocycles. The van der Waals surface area contributed by atoms with Crippen LogP contribution in [0.15, 0.2) is 97.1 Å². The van der Waals surface area contributed by atoms with E-state index in [1.807, 2.05) is 34.6 Å². The second-order valence-electron chi connectivity index (χ2n) is 33.6. The lowest BCUT2D eigenvalue weighted by Gasteiger charge is -2.35. The summed E-state index contributed by atoms with van der Waals surface area (Å²) in [5, 5.41) is 126. The Morgan fingerprint density at radius 1 is 0.331 bits per heavy atom. The van der Waals surface area contributed by atoms with Gasteiger partial charge < -0.3 is 214 Å². The molecule has 0 aromatic heterocycles. The molecule has 7 amide bonds. The third-order valence-corrected chi connectivity index (χ3v) is 23.1. The molecule has 17 atom stereocenters. The number of nitrogen functional groups attached to an aromatic ring is 14. The molecule has 17 unspecified atom stereocenters. The van der Waals surface area contributed by atoms with Crippen molar-refractivity contribution in [2.75, 3.05) is 143 Å². The van der Waals surface area contributed by atoms with E-state index in [-0.39, 0.29) is 38.5 Å². The predicted octanol–water partition coefficient (Wildman–Crippen LogP) is -7.49. The average Bonchev–Trinajstić information content (AvgIpc) is 0.692. The molecule has 136 heavy (non-hydrogen) atoms. The molecule has 760 valence electrons. The van der Waals surface area contributed by atoms with E-state index in [1.165, 1.54) is 70.1 Å². The highest BCUT2D eigenvalue weighted by atomic mass is 16.3. The molecule has 0 fully saturated rings. The number of carbonyl (C=O) groups excluding carboxylic acids is 7. The summed E-state index contributed by atoms with van der Waals surface area (Å²) in [6.45, 7) is 13.9. The third kappa shape index (κ3) is 32.0. The van der Waals surface area contributed by atoms with Crippen LogP contribution in [0.2, 0.25) is 0 Å². The first-order chi connectivity index (χ1) is 62.8. The van der Waals surface area contributed by atoms with Crippen molar-refractivity contribution in [3.8, 4) is 0 Å². The summed E-state index contributed by atoms with van der Waals surface area (Å²) in [6, 6.07) is 24.3. The van der Waals surface area contributed by atoms with Crippen LogP contribution < -0.4 is 158 Å². The molecule has 0 aliphatic heterocycles. The van der Waals surface area contributed by atoms with Gasteiger partial charge in [0.05, 0.1) is 67.6 Å². The van der Waals surface area contributed by atoms with Crippen LogP contribution in [0.5, 0.6) is 0 Å². The van der Waals surface area contributed by atoms with Gasteiger partial charge in [0, 0.05) is 212 Å². The van der Waals surface area contributed by atoms with Crippen molar-refractivity contribution in [1.29, 1.82) is 0 Å². The summed E-state index contributed by atoms with van der Waals surface area (Å²) in [7, 11) is 9.90. The molecule has 0 saturated carbocycles. The van der Waals surface area contributed by atoms with Crippen molar-refractivity contribution in [3.05, 3.63) is 164 Å². The smallest absolute Gasteiger partial charge is 0.245 e. The Morgan fingerprint density at radius 2 is 0.566 bits per heavy atom. The fourth-order valence-corrected chi connectivity index (χ4v) is 14.2. The SMILES string of the molecule is CNC(=O)C(N)(C(C)O)C(O)Cc1c(N)cc(C)cc1N.CNC(=O)C(N)(C(C)O)C(O)Cc1c(N)cccc1N.CNC(=O)C(N)(CO)C(O)Cc1c(N)cc(C)cc1N.CNC(=O)C(N)(CO)C(O)Cc1c(N)cccc1N.CNC(=O)C(N)C(C)(O)Cc1c(N)cc(C)cc1N.CNC(=O)C(N)C(O)C(C)c1c(N)cc(C)cc1N.CNC(=O)C(N)C(O)Cc1c(N)cc(C)cc1N. The minimum atomic E-state index is -1.85. The van der Waals surface area contributed by atoms with Crippen LogP contribution in [0.1, 0.15) is 100 Å². The van der Waals surface area contributed by atoms with Crippen molar-refractivity contribution < 1.29 is 89.7 Å². The predicted molar refractivity (Wildman–Crippen MR) is 535 cm³/mol. The van der Waals surface area contributed by atoms with E-state index in [0.717, 1.165) is 27.8 Å². The number of hydrogen-bond acceptors (Lipinski definition) is 39. The highest BCUT2D eigenvalue weighted by Gasteiger charge is 2.48. The number of aliphatic hydroxyl groups excluding tert-OH is 10. The average molecular weight is 1910 g/mol. The quantitative estimate of drug-likeness (QED) is 0.0174. The van der Waals surface area contributed by atoms with Gasteiger partial charge in [-0.2, -0.15) is 0 Å². The van der Waals surface area contributed by atoms with Crippen LogP contribution in [-0.2, 0) is 72.1 Å². The Labute approximate surface area is 792 Å². The van der Waals surface area contributed by atoms with E-state index in [4.69, 9.17) is 120 Å². The topological polar surface area (TPSA) is 973 Å². The maximum Gasteiger partial charge on any atom is 0.245 e. The second-order valence-corrected chi connectivity index (χ2v) is 33.6. The molecule has 0 radical (unpaired) electrons. The number of rotatable bonds is 32. The summed E-state index contributed by atoms with van der Waals surface area (Å²) >= 11 is 0. The molecule has 0 bridgehead atoms. The van der Waals surface area contributed by atoms with Gasteiger partial charge in [0.25, 0.3) is 0 Å². The number of aliphatic hydroxyl groups is 11. The van der Waals surface area contributed by atoms with E-state index >= 15 is 0 Å². The third-order valence-electron chi connectivity index (χ3n) is 23.1. The van der Waals surface area contributed by atoms with Gasteiger partial charge in [-0.15, -0.1) is 0 Å². The number of hydrogen-bond donors (Lipinski definition) is 39. The lowest BCUT2D eigenvalue weighted by Crippen LogP contribution is -2.67. The van der Waals surface area contributed by atoms with Gasteiger partial charge in [-0.3, -0.25) is 33.6 Å². The molecule has 60 N–H and O–H groups in total. The lowest BCUT2D eigenvalue weighted by molar-refractivity contribution is -0.136. The van der Waals surface area contributed by atoms with E-state index in [0.29, 0.717) is 119 Å². The zero-order chi connectivity index (χ0) is 105. The van der Waals surface area contributed by atoms with Crippen LogP contribution in [0.25, 0.3) is 0 Å². The number of anilines is 14. The van der Waals surface area contributed by atoms with Crippen molar-refractivity contribution in [2.24, 2.45) is 40.1 Å². The van der Waals surface area contributed by atoms with Crippen LogP contribution in [0.3, 0.4) is 0 Å². The number of likely N-dealkylation sites (N-methyl/N-ethyl adjacent to an activating group) is 7. The zero-order valence-corrected chi connectivity index (χ0v) is 80.2. The molecule has 7 rings (SSSR count). The lowest BCUT2D eigenvalue weighted by atomic mass is 9.83. The van der Waals surface area contributed by atoms with E-state index < -0.39 is 155 Å². The Kier molecular flexibility index (Phi) is 47.8. The molecule has 46 heteroatoms. The van der Waals surface area contributed by atoms with Crippen LogP contribution >= 0.6 is 0 Å². The van der Waals surface area contributed by atoms with Gasteiger partial charge >= 0.3 is 0 Å². The molecule has 0 aliphatic rings. The van der Waals surface area contributed by atoms with Crippen LogP contribution in [-0.4, -0.2) is 255 Å². The molecule has 46 nitrogen and oxygen atoms in total. The molecule has 0 heterocycles. The van der Waals surface area contributed by atoms with Crippen molar-refractivity contribution in [2.45, 2.75) is 201 Å². The number of amides is 7. The largest absolute Gasteiger partial charge is 0.398 e. The van der Waals surface area contributed by atoms with Crippen molar-refractivity contribution >= 4 is 121 Å². The van der Waals surface area contributed by atoms with E-state index in [1.54, 1.807) is 104 Å². The Morgan fingerprint density at radius 3 is 0.816 bits per heavy atom. The molecule has 0 spiro atoms. The molecule has 7 aromatic carbocycles. The molecule has 7 aromatic rings. The van der Waals surface area contributed by atoms with Gasteiger partial charge in [0.2, 0.25) is 41.4 Å². The summed E-state index contributed by atoms with van der Waals surface area (Å²) in [5.74, 6) is -4.35. The Balaban J connectivity index is 0.000000794. The summed E-state index contributed by atoms with van der Waals surface area (Å²) in [4.78, 5) is 81.4. The number of aryl methyl sites for hydroxylation is 5. The number of nitrogens with one attached hydrogen (secondary N) is 7. The van der Waals surface area contributed by atoms with Gasteiger partial charge in [-0.25, -0.2) is 0 Å². The van der Waals surface area contributed by atoms with E-state index in [2.05, 4.69) is 37.2 Å². The minimum Gasteiger partial charge on any atom is -0.398 e. The number of benzene rings is 7. The highest BCUT2D eigenvalue weighted by molar-refractivity contribution is 5.90. The standard InChI is InChI=1S/C14H24N4O3.2C13H22N4O3.2C13H22N4O2.C12H20N4O3.C12H20N4O2/c1-7-4-10(15)9(11(16)5-7)6-12(20)14(17,8(2)19)13(21)18-3;1-7-3-9(14)8(10(15)4-7)5-11(19)13(16,6-18)12(20)17-2;1-7(18)13(16,12(20)17-2)11(19)6-8-9(14)4-3-5-10(8)15;1-7-4-9(14)8(10(15)5-7)6-13(2,19)11(16)12(18)17-3;1-6-4-8(14)10(9(15)5-6)7(2)12(18)11(16)13(19)17-3;1-16-11(19)12(15,6-17)10(18)5-7-8(13)3-2-4-9(7)14;1-6-3-8(13)7(9(14)4-6)5-10(17)11(15)12(18)16-2/h4-5,8,12,19-20H,6,15-17H2,1-3H3,(H,18,21);3-4,11,18-19H,5-6,14-16H2,1-2H3,(H,17,20);3-5,7,11,18-19H,6,14-16H2,1-2H3,(H,17,20);4-5,11,19H,6,14-16H2,1-3H3,(H,17,18);4-5,7,11-12,18H,14-16H2,1-3H3,(H,17,19);2-4,10,17-18H,5-6,13-15H2,1H3,(H,16,19);3-4,10-11,17H,5,13-15H2,1-2H3,(H,16,18). The highest BCUT2D eigenvalue weighted by Crippen LogP contribution is 2.35. The van der Waals surface area contributed by atoms with E-state index in [9.17, 15) is 89.7 Å². The number of nitrogens with two attached hydrogens (primary N) is 21. The minimum absolute atomic E-state index is 0.0248. The van der Waals surface area contributed by atoms with Gasteiger partial charge in [0.1, 0.15) is 40.3 Å². The molecule has 0 saturated heterocycles. The number of carbonyl (C=O) groups is 7. The zero-order valence-electron chi connectivity index (χ0n) is 80.2. The van der Waals surface area contributed by atoms with Crippen LogP contribution in [0.4, 0.5) is 79.6 Å². The van der Waals surface area contributed by atoms with Crippen LogP contribution in [0, 0.1) is 34.6 Å². The first-order valence-corrected chi connectivity index (χ1v) is 42.7. The summed E-state index contributed by atoms with van der Waals surface area (Å²) in [6.07, 6.45) is -9.77.